The molecule has 0 aliphatic carbocycles. The second-order valence-electron chi connectivity index (χ2n) is 5.57. The molecule has 114 valence electrons. The Labute approximate surface area is 137 Å². The Morgan fingerprint density at radius 1 is 1.05 bits per heavy atom. The standard InChI is InChI=1S/C18H17ClO2S/c1-10-5-7-14(8-6-10)22(20)18-13(4)21-15-9-11(2)17(19)12(3)16(15)18/h5-9H,1-4H3/t22-/m1/s1. The molecule has 0 radical (unpaired) electrons. The van der Waals surface area contributed by atoms with Crippen molar-refractivity contribution >= 4 is 33.4 Å². The van der Waals surface area contributed by atoms with Crippen LogP contribution in [0.2, 0.25) is 5.02 Å². The molecule has 1 heterocycles. The van der Waals surface area contributed by atoms with Gasteiger partial charge in [0.25, 0.3) is 0 Å². The van der Waals surface area contributed by atoms with Gasteiger partial charge < -0.3 is 4.42 Å². The maximum atomic E-state index is 13.0. The Bertz CT molecular complexity index is 892. The molecule has 0 unspecified atom stereocenters. The normalized spacial score (nSPS) is 12.8. The molecule has 0 saturated carbocycles. The average Bonchev–Trinajstić information content (AvgIpc) is 2.81. The number of fused-ring (bicyclic) bond motifs is 1. The van der Waals surface area contributed by atoms with Crippen LogP contribution >= 0.6 is 11.6 Å². The minimum atomic E-state index is -1.29. The molecule has 1 atom stereocenters. The molecule has 0 saturated heterocycles. The third kappa shape index (κ3) is 2.38. The third-order valence-electron chi connectivity index (χ3n) is 3.87. The lowest BCUT2D eigenvalue weighted by atomic mass is 10.1. The lowest BCUT2D eigenvalue weighted by Gasteiger charge is -2.06. The maximum Gasteiger partial charge on any atom is 0.136 e. The molecule has 3 rings (SSSR count). The zero-order chi connectivity index (χ0) is 16.0. The minimum absolute atomic E-state index is 0.679. The first kappa shape index (κ1) is 15.3. The van der Waals surface area contributed by atoms with Crippen molar-refractivity contribution in [2.75, 3.05) is 0 Å². The van der Waals surface area contributed by atoms with Crippen molar-refractivity contribution in [2.45, 2.75) is 37.5 Å². The Kier molecular flexibility index (Phi) is 3.87. The predicted molar refractivity (Wildman–Crippen MR) is 91.3 cm³/mol. The molecule has 0 aliphatic heterocycles. The average molecular weight is 333 g/mol. The van der Waals surface area contributed by atoms with E-state index in [1.54, 1.807) is 0 Å². The van der Waals surface area contributed by atoms with Gasteiger partial charge in [-0.05, 0) is 57.0 Å². The summed E-state index contributed by atoms with van der Waals surface area (Å²) in [5.41, 5.74) is 3.77. The van der Waals surface area contributed by atoms with Crippen molar-refractivity contribution in [3.8, 4) is 0 Å². The summed E-state index contributed by atoms with van der Waals surface area (Å²) < 4.78 is 18.8. The van der Waals surface area contributed by atoms with Gasteiger partial charge in [-0.3, -0.25) is 0 Å². The molecule has 0 bridgehead atoms. The van der Waals surface area contributed by atoms with Crippen LogP contribution in [-0.4, -0.2) is 4.21 Å². The summed E-state index contributed by atoms with van der Waals surface area (Å²) in [6.45, 7) is 7.76. The highest BCUT2D eigenvalue weighted by Crippen LogP contribution is 2.37. The first-order valence-electron chi connectivity index (χ1n) is 7.07. The molecular weight excluding hydrogens is 316 g/mol. The SMILES string of the molecule is Cc1ccc([S@@](=O)c2c(C)oc3cc(C)c(Cl)c(C)c23)cc1. The van der Waals surface area contributed by atoms with Crippen LogP contribution in [0.3, 0.4) is 0 Å². The molecule has 0 spiro atoms. The van der Waals surface area contributed by atoms with Crippen molar-refractivity contribution in [1.82, 2.24) is 0 Å². The molecule has 3 aromatic rings. The number of rotatable bonds is 2. The van der Waals surface area contributed by atoms with Crippen molar-refractivity contribution in [1.29, 1.82) is 0 Å². The van der Waals surface area contributed by atoms with Gasteiger partial charge in [0.2, 0.25) is 0 Å². The second-order valence-corrected chi connectivity index (χ2v) is 7.37. The highest BCUT2D eigenvalue weighted by Gasteiger charge is 2.22. The molecule has 0 amide bonds. The summed E-state index contributed by atoms with van der Waals surface area (Å²) >= 11 is 6.37. The van der Waals surface area contributed by atoms with E-state index in [-0.39, 0.29) is 0 Å². The summed E-state index contributed by atoms with van der Waals surface area (Å²) in [4.78, 5) is 1.49. The predicted octanol–water partition coefficient (Wildman–Crippen LogP) is 5.49. The van der Waals surface area contributed by atoms with E-state index in [9.17, 15) is 4.21 Å². The maximum absolute atomic E-state index is 13.0. The van der Waals surface area contributed by atoms with Crippen LogP contribution in [-0.2, 0) is 10.8 Å². The van der Waals surface area contributed by atoms with Crippen LogP contribution in [0.25, 0.3) is 11.0 Å². The summed E-state index contributed by atoms with van der Waals surface area (Å²) in [5.74, 6) is 0.679. The number of hydrogen-bond acceptors (Lipinski definition) is 2. The van der Waals surface area contributed by atoms with Gasteiger partial charge in [0, 0.05) is 15.3 Å². The molecular formula is C18H17ClO2S. The lowest BCUT2D eigenvalue weighted by molar-refractivity contribution is 0.566. The quantitative estimate of drug-likeness (QED) is 0.621. The smallest absolute Gasteiger partial charge is 0.136 e. The first-order chi connectivity index (χ1) is 10.4. The zero-order valence-corrected chi connectivity index (χ0v) is 14.6. The van der Waals surface area contributed by atoms with Crippen molar-refractivity contribution in [3.63, 3.8) is 0 Å². The summed E-state index contributed by atoms with van der Waals surface area (Å²) in [6.07, 6.45) is 0. The molecule has 0 aliphatic rings. The van der Waals surface area contributed by atoms with Crippen molar-refractivity contribution < 1.29 is 8.63 Å². The van der Waals surface area contributed by atoms with E-state index in [4.69, 9.17) is 16.0 Å². The summed E-state index contributed by atoms with van der Waals surface area (Å²) in [6, 6.07) is 9.64. The fourth-order valence-electron chi connectivity index (χ4n) is 2.68. The molecule has 4 heteroatoms. The largest absolute Gasteiger partial charge is 0.460 e. The second kappa shape index (κ2) is 5.56. The molecule has 0 N–H and O–H groups in total. The topological polar surface area (TPSA) is 30.2 Å². The number of furan rings is 1. The lowest BCUT2D eigenvalue weighted by Crippen LogP contribution is -1.95. The van der Waals surface area contributed by atoms with E-state index in [1.165, 1.54) is 0 Å². The van der Waals surface area contributed by atoms with Crippen LogP contribution in [0, 0.1) is 27.7 Å². The van der Waals surface area contributed by atoms with E-state index in [2.05, 4.69) is 0 Å². The van der Waals surface area contributed by atoms with Gasteiger partial charge in [0.05, 0.1) is 15.7 Å². The number of aryl methyl sites for hydroxylation is 4. The minimum Gasteiger partial charge on any atom is -0.460 e. The van der Waals surface area contributed by atoms with Gasteiger partial charge >= 0.3 is 0 Å². The van der Waals surface area contributed by atoms with Gasteiger partial charge in [-0.25, -0.2) is 4.21 Å². The highest BCUT2D eigenvalue weighted by atomic mass is 35.5. The summed E-state index contributed by atoms with van der Waals surface area (Å²) in [7, 11) is -1.29. The van der Waals surface area contributed by atoms with Gasteiger partial charge in [-0.2, -0.15) is 0 Å². The van der Waals surface area contributed by atoms with Crippen LogP contribution in [0.1, 0.15) is 22.5 Å². The van der Waals surface area contributed by atoms with Gasteiger partial charge in [0.1, 0.15) is 11.3 Å². The van der Waals surface area contributed by atoms with Crippen molar-refractivity contribution in [2.24, 2.45) is 0 Å². The van der Waals surface area contributed by atoms with E-state index < -0.39 is 10.8 Å². The van der Waals surface area contributed by atoms with Crippen LogP contribution < -0.4 is 0 Å². The number of benzene rings is 2. The molecule has 0 fully saturated rings. The van der Waals surface area contributed by atoms with E-state index in [0.29, 0.717) is 10.8 Å². The fraction of sp³-hybridized carbons (Fsp3) is 0.222. The fourth-order valence-corrected chi connectivity index (χ4v) is 4.19. The molecule has 22 heavy (non-hydrogen) atoms. The Morgan fingerprint density at radius 3 is 2.32 bits per heavy atom. The molecule has 2 nitrogen and oxygen atoms in total. The van der Waals surface area contributed by atoms with Gasteiger partial charge in [0.15, 0.2) is 0 Å². The first-order valence-corrected chi connectivity index (χ1v) is 8.60. The Hall–Kier alpha value is -1.58. The van der Waals surface area contributed by atoms with Crippen LogP contribution in [0.4, 0.5) is 0 Å². The zero-order valence-electron chi connectivity index (χ0n) is 13.0. The molecule has 2 aromatic carbocycles. The van der Waals surface area contributed by atoms with Gasteiger partial charge in [-0.1, -0.05) is 29.3 Å². The monoisotopic (exact) mass is 332 g/mol. The third-order valence-corrected chi connectivity index (χ3v) is 6.02. The van der Waals surface area contributed by atoms with Crippen LogP contribution in [0.5, 0.6) is 0 Å². The van der Waals surface area contributed by atoms with E-state index in [1.807, 2.05) is 58.0 Å². The number of halogens is 1. The number of hydrogen-bond donors (Lipinski definition) is 0. The molecule has 1 aromatic heterocycles. The highest BCUT2D eigenvalue weighted by molar-refractivity contribution is 7.85. The Balaban J connectivity index is 2.26. The summed E-state index contributed by atoms with van der Waals surface area (Å²) in [5, 5.41) is 1.57. The van der Waals surface area contributed by atoms with E-state index in [0.717, 1.165) is 37.5 Å². The van der Waals surface area contributed by atoms with Crippen molar-refractivity contribution in [3.05, 3.63) is 57.8 Å². The van der Waals surface area contributed by atoms with Gasteiger partial charge in [-0.15, -0.1) is 0 Å². The van der Waals surface area contributed by atoms with E-state index >= 15 is 0 Å². The van der Waals surface area contributed by atoms with Crippen LogP contribution in [0.15, 0.2) is 44.5 Å². The Morgan fingerprint density at radius 2 is 1.68 bits per heavy atom.